The standard InChI is InChI=1S/C15H22N2O3S/c1-3-10-16-12-8-9-14(11(12)2)21(20)15-7-5-4-6-13(15)17(18)19/h4-7,11-12,14,16H,3,8-10H2,1-2H3. The van der Waals surface area contributed by atoms with Gasteiger partial charge in [-0.1, -0.05) is 26.0 Å². The van der Waals surface area contributed by atoms with Gasteiger partial charge in [0, 0.05) is 17.4 Å². The van der Waals surface area contributed by atoms with Crippen LogP contribution >= 0.6 is 0 Å². The SMILES string of the molecule is CCCNC1CCC(S(=O)c2ccccc2[N+](=O)[O-])C1C. The molecular weight excluding hydrogens is 288 g/mol. The first-order chi connectivity index (χ1) is 10.1. The van der Waals surface area contributed by atoms with Crippen LogP contribution in [0.15, 0.2) is 29.2 Å². The Bertz CT molecular complexity index is 535. The number of nitro groups is 1. The van der Waals surface area contributed by atoms with Gasteiger partial charge in [-0.15, -0.1) is 0 Å². The Kier molecular flexibility index (Phi) is 5.47. The molecular formula is C15H22N2O3S. The molecule has 116 valence electrons. The van der Waals surface area contributed by atoms with Gasteiger partial charge in [0.2, 0.25) is 0 Å². The molecule has 0 aromatic heterocycles. The number of rotatable bonds is 6. The lowest BCUT2D eigenvalue weighted by atomic mass is 10.1. The fourth-order valence-corrected chi connectivity index (χ4v) is 4.81. The van der Waals surface area contributed by atoms with Crippen molar-refractivity contribution in [1.29, 1.82) is 0 Å². The Balaban J connectivity index is 2.16. The van der Waals surface area contributed by atoms with Crippen LogP contribution in [-0.2, 0) is 10.8 Å². The molecule has 0 saturated heterocycles. The molecule has 1 saturated carbocycles. The van der Waals surface area contributed by atoms with Gasteiger partial charge >= 0.3 is 0 Å². The monoisotopic (exact) mass is 310 g/mol. The molecule has 0 bridgehead atoms. The molecule has 6 heteroatoms. The van der Waals surface area contributed by atoms with Crippen molar-refractivity contribution < 1.29 is 9.13 Å². The van der Waals surface area contributed by atoms with Gasteiger partial charge in [-0.3, -0.25) is 14.3 Å². The molecule has 1 N–H and O–H groups in total. The third kappa shape index (κ3) is 3.49. The van der Waals surface area contributed by atoms with Crippen molar-refractivity contribution in [2.75, 3.05) is 6.54 Å². The zero-order chi connectivity index (χ0) is 15.4. The maximum absolute atomic E-state index is 12.8. The van der Waals surface area contributed by atoms with E-state index in [0.29, 0.717) is 10.9 Å². The maximum Gasteiger partial charge on any atom is 0.285 e. The van der Waals surface area contributed by atoms with Crippen LogP contribution in [0.1, 0.15) is 33.1 Å². The van der Waals surface area contributed by atoms with Crippen LogP contribution in [0.4, 0.5) is 5.69 Å². The van der Waals surface area contributed by atoms with Crippen LogP contribution in [-0.4, -0.2) is 27.0 Å². The highest BCUT2D eigenvalue weighted by molar-refractivity contribution is 7.85. The maximum atomic E-state index is 12.8. The van der Waals surface area contributed by atoms with Crippen LogP contribution in [0.2, 0.25) is 0 Å². The van der Waals surface area contributed by atoms with Crippen molar-refractivity contribution in [3.8, 4) is 0 Å². The van der Waals surface area contributed by atoms with E-state index in [1.165, 1.54) is 6.07 Å². The number of hydrogen-bond donors (Lipinski definition) is 1. The minimum atomic E-state index is -1.33. The van der Waals surface area contributed by atoms with Crippen LogP contribution in [0.25, 0.3) is 0 Å². The van der Waals surface area contributed by atoms with Crippen molar-refractivity contribution in [3.05, 3.63) is 34.4 Å². The molecule has 1 aliphatic carbocycles. The first kappa shape index (κ1) is 16.1. The summed E-state index contributed by atoms with van der Waals surface area (Å²) in [5.74, 6) is 0.261. The molecule has 0 amide bonds. The van der Waals surface area contributed by atoms with Crippen LogP contribution in [0.5, 0.6) is 0 Å². The minimum Gasteiger partial charge on any atom is -0.314 e. The van der Waals surface area contributed by atoms with Gasteiger partial charge in [0.15, 0.2) is 0 Å². The molecule has 0 heterocycles. The largest absolute Gasteiger partial charge is 0.314 e. The molecule has 1 aromatic rings. The van der Waals surface area contributed by atoms with Gasteiger partial charge in [-0.05, 0) is 37.8 Å². The van der Waals surface area contributed by atoms with E-state index < -0.39 is 15.7 Å². The van der Waals surface area contributed by atoms with Crippen molar-refractivity contribution >= 4 is 16.5 Å². The number of nitro benzene ring substituents is 1. The van der Waals surface area contributed by atoms with E-state index in [4.69, 9.17) is 0 Å². The highest BCUT2D eigenvalue weighted by Crippen LogP contribution is 2.35. The first-order valence-electron chi connectivity index (χ1n) is 7.43. The average molecular weight is 310 g/mol. The predicted molar refractivity (Wildman–Crippen MR) is 83.8 cm³/mol. The summed E-state index contributed by atoms with van der Waals surface area (Å²) in [4.78, 5) is 11.0. The molecule has 2 rings (SSSR count). The summed E-state index contributed by atoms with van der Waals surface area (Å²) in [5, 5.41) is 14.6. The fourth-order valence-electron chi connectivity index (χ4n) is 2.99. The fraction of sp³-hybridized carbons (Fsp3) is 0.600. The number of hydrogen-bond acceptors (Lipinski definition) is 4. The second-order valence-corrected chi connectivity index (χ2v) is 7.20. The molecule has 0 radical (unpaired) electrons. The van der Waals surface area contributed by atoms with Crippen LogP contribution in [0.3, 0.4) is 0 Å². The Morgan fingerprint density at radius 3 is 2.76 bits per heavy atom. The van der Waals surface area contributed by atoms with E-state index in [2.05, 4.69) is 19.2 Å². The summed E-state index contributed by atoms with van der Waals surface area (Å²) in [6.45, 7) is 5.17. The Hall–Kier alpha value is -1.27. The summed E-state index contributed by atoms with van der Waals surface area (Å²) in [6.07, 6.45) is 2.90. The van der Waals surface area contributed by atoms with Crippen molar-refractivity contribution in [1.82, 2.24) is 5.32 Å². The Morgan fingerprint density at radius 2 is 2.10 bits per heavy atom. The van der Waals surface area contributed by atoms with Crippen molar-refractivity contribution in [2.24, 2.45) is 5.92 Å². The van der Waals surface area contributed by atoms with E-state index >= 15 is 0 Å². The van der Waals surface area contributed by atoms with Gasteiger partial charge in [-0.25, -0.2) is 0 Å². The summed E-state index contributed by atoms with van der Waals surface area (Å²) >= 11 is 0. The molecule has 1 aromatic carbocycles. The average Bonchev–Trinajstić information content (AvgIpc) is 2.85. The zero-order valence-corrected chi connectivity index (χ0v) is 13.3. The molecule has 0 spiro atoms. The summed E-state index contributed by atoms with van der Waals surface area (Å²) in [6, 6.07) is 6.74. The lowest BCUT2D eigenvalue weighted by Crippen LogP contribution is -2.35. The number of benzene rings is 1. The van der Waals surface area contributed by atoms with E-state index in [9.17, 15) is 14.3 Å². The Labute approximate surface area is 127 Å². The Morgan fingerprint density at radius 1 is 1.38 bits per heavy atom. The highest BCUT2D eigenvalue weighted by Gasteiger charge is 2.38. The van der Waals surface area contributed by atoms with E-state index in [0.717, 1.165) is 25.8 Å². The second-order valence-electron chi connectivity index (χ2n) is 5.56. The summed E-state index contributed by atoms with van der Waals surface area (Å²) in [7, 11) is -1.33. The molecule has 4 unspecified atom stereocenters. The van der Waals surface area contributed by atoms with Gasteiger partial charge in [-0.2, -0.15) is 0 Å². The van der Waals surface area contributed by atoms with Crippen LogP contribution < -0.4 is 5.32 Å². The number of nitrogens with one attached hydrogen (secondary N) is 1. The molecule has 4 atom stereocenters. The lowest BCUT2D eigenvalue weighted by Gasteiger charge is -2.21. The summed E-state index contributed by atoms with van der Waals surface area (Å²) in [5.41, 5.74) is -0.0343. The third-order valence-corrected chi connectivity index (χ3v) is 6.19. The van der Waals surface area contributed by atoms with Crippen LogP contribution in [0, 0.1) is 16.0 Å². The van der Waals surface area contributed by atoms with E-state index in [1.54, 1.807) is 18.2 Å². The topological polar surface area (TPSA) is 72.2 Å². The van der Waals surface area contributed by atoms with Gasteiger partial charge in [0.05, 0.1) is 15.7 Å². The second kappa shape index (κ2) is 7.13. The highest BCUT2D eigenvalue weighted by atomic mass is 32.2. The lowest BCUT2D eigenvalue weighted by molar-refractivity contribution is -0.387. The molecule has 0 aliphatic heterocycles. The molecule has 5 nitrogen and oxygen atoms in total. The summed E-state index contributed by atoms with van der Waals surface area (Å²) < 4.78 is 12.8. The van der Waals surface area contributed by atoms with E-state index in [1.807, 2.05) is 0 Å². The number of nitrogens with zero attached hydrogens (tertiary/aromatic N) is 1. The first-order valence-corrected chi connectivity index (χ1v) is 8.65. The predicted octanol–water partition coefficient (Wildman–Crippen LogP) is 2.87. The smallest absolute Gasteiger partial charge is 0.285 e. The molecule has 21 heavy (non-hydrogen) atoms. The quantitative estimate of drug-likeness (QED) is 0.648. The van der Waals surface area contributed by atoms with E-state index in [-0.39, 0.29) is 16.9 Å². The van der Waals surface area contributed by atoms with Crippen molar-refractivity contribution in [2.45, 2.75) is 49.3 Å². The van der Waals surface area contributed by atoms with Gasteiger partial charge in [0.1, 0.15) is 4.90 Å². The molecule has 1 aliphatic rings. The van der Waals surface area contributed by atoms with Crippen molar-refractivity contribution in [3.63, 3.8) is 0 Å². The zero-order valence-electron chi connectivity index (χ0n) is 12.5. The molecule has 1 fully saturated rings. The minimum absolute atomic E-state index is 0.0135. The van der Waals surface area contributed by atoms with Gasteiger partial charge < -0.3 is 5.32 Å². The third-order valence-electron chi connectivity index (χ3n) is 4.19. The number of para-hydroxylation sites is 1. The normalized spacial score (nSPS) is 26.7. The van der Waals surface area contributed by atoms with Gasteiger partial charge in [0.25, 0.3) is 5.69 Å².